The number of likely N-dealkylation sites (tertiary alicyclic amines) is 1. The molecule has 0 spiro atoms. The molecule has 1 saturated heterocycles. The fourth-order valence-corrected chi connectivity index (χ4v) is 2.88. The molecule has 1 aliphatic rings. The SMILES string of the molecule is CCOC(=O)N1CCC(Cc2ccc(OC)c(OC)c2)CC1. The van der Waals surface area contributed by atoms with Crippen molar-refractivity contribution < 1.29 is 19.0 Å². The smallest absolute Gasteiger partial charge is 0.409 e. The molecule has 0 radical (unpaired) electrons. The Kier molecular flexibility index (Phi) is 5.92. The Morgan fingerprint density at radius 3 is 2.45 bits per heavy atom. The highest BCUT2D eigenvalue weighted by Gasteiger charge is 2.23. The van der Waals surface area contributed by atoms with Gasteiger partial charge < -0.3 is 19.1 Å². The van der Waals surface area contributed by atoms with Gasteiger partial charge in [-0.3, -0.25) is 0 Å². The van der Waals surface area contributed by atoms with Gasteiger partial charge in [0.05, 0.1) is 20.8 Å². The lowest BCUT2D eigenvalue weighted by Gasteiger charge is -2.31. The first-order valence-corrected chi connectivity index (χ1v) is 7.80. The second-order valence-corrected chi connectivity index (χ2v) is 5.52. The van der Waals surface area contributed by atoms with E-state index in [4.69, 9.17) is 14.2 Å². The van der Waals surface area contributed by atoms with Crippen molar-refractivity contribution in [3.8, 4) is 11.5 Å². The highest BCUT2D eigenvalue weighted by molar-refractivity contribution is 5.67. The van der Waals surface area contributed by atoms with Gasteiger partial charge in [0, 0.05) is 13.1 Å². The van der Waals surface area contributed by atoms with Crippen LogP contribution in [0.2, 0.25) is 0 Å². The minimum absolute atomic E-state index is 0.188. The normalized spacial score (nSPS) is 15.5. The molecule has 0 N–H and O–H groups in total. The summed E-state index contributed by atoms with van der Waals surface area (Å²) in [5, 5.41) is 0. The lowest BCUT2D eigenvalue weighted by atomic mass is 9.90. The number of benzene rings is 1. The molecule has 0 aliphatic carbocycles. The van der Waals surface area contributed by atoms with E-state index in [9.17, 15) is 4.79 Å². The fraction of sp³-hybridized carbons (Fsp3) is 0.588. The lowest BCUT2D eigenvalue weighted by molar-refractivity contribution is 0.0918. The molecule has 1 amide bonds. The third kappa shape index (κ3) is 4.06. The Morgan fingerprint density at radius 2 is 1.86 bits per heavy atom. The zero-order valence-corrected chi connectivity index (χ0v) is 13.6. The summed E-state index contributed by atoms with van der Waals surface area (Å²) in [6.45, 7) is 3.82. The largest absolute Gasteiger partial charge is 0.493 e. The third-order valence-corrected chi connectivity index (χ3v) is 4.11. The summed E-state index contributed by atoms with van der Waals surface area (Å²) >= 11 is 0. The van der Waals surface area contributed by atoms with Crippen LogP contribution in [0.15, 0.2) is 18.2 Å². The number of carbonyl (C=O) groups is 1. The van der Waals surface area contributed by atoms with Crippen LogP contribution in [0.4, 0.5) is 4.79 Å². The second-order valence-electron chi connectivity index (χ2n) is 5.52. The predicted molar refractivity (Wildman–Crippen MR) is 84.6 cm³/mol. The molecule has 22 heavy (non-hydrogen) atoms. The average Bonchev–Trinajstić information content (AvgIpc) is 2.55. The molecule has 122 valence electrons. The Hall–Kier alpha value is -1.91. The quantitative estimate of drug-likeness (QED) is 0.838. The van der Waals surface area contributed by atoms with Crippen LogP contribution in [0.5, 0.6) is 11.5 Å². The number of methoxy groups -OCH3 is 2. The molecule has 0 atom stereocenters. The van der Waals surface area contributed by atoms with E-state index in [1.807, 2.05) is 19.1 Å². The molecule has 5 heteroatoms. The first kappa shape index (κ1) is 16.5. The van der Waals surface area contributed by atoms with Gasteiger partial charge in [-0.05, 0) is 49.8 Å². The summed E-state index contributed by atoms with van der Waals surface area (Å²) in [6.07, 6.45) is 2.82. The van der Waals surface area contributed by atoms with Crippen molar-refractivity contribution in [2.45, 2.75) is 26.2 Å². The van der Waals surface area contributed by atoms with E-state index in [-0.39, 0.29) is 6.09 Å². The molecular formula is C17H25NO4. The molecule has 1 fully saturated rings. The van der Waals surface area contributed by atoms with Crippen LogP contribution >= 0.6 is 0 Å². The van der Waals surface area contributed by atoms with Crippen molar-refractivity contribution in [3.05, 3.63) is 23.8 Å². The van der Waals surface area contributed by atoms with Crippen molar-refractivity contribution >= 4 is 6.09 Å². The molecule has 1 aromatic rings. The molecule has 0 saturated carbocycles. The molecule has 0 unspecified atom stereocenters. The van der Waals surface area contributed by atoms with Gasteiger partial charge >= 0.3 is 6.09 Å². The van der Waals surface area contributed by atoms with E-state index in [1.54, 1.807) is 19.1 Å². The molecule has 0 bridgehead atoms. The highest BCUT2D eigenvalue weighted by atomic mass is 16.6. The standard InChI is InChI=1S/C17H25NO4/c1-4-22-17(19)18-9-7-13(8-10-18)11-14-5-6-15(20-2)16(12-14)21-3/h5-6,12-13H,4,7-11H2,1-3H3. The zero-order valence-electron chi connectivity index (χ0n) is 13.6. The van der Waals surface area contributed by atoms with Gasteiger partial charge in [0.1, 0.15) is 0 Å². The van der Waals surface area contributed by atoms with Crippen LogP contribution in [-0.2, 0) is 11.2 Å². The van der Waals surface area contributed by atoms with Gasteiger partial charge in [-0.2, -0.15) is 0 Å². The fourth-order valence-electron chi connectivity index (χ4n) is 2.88. The van der Waals surface area contributed by atoms with Crippen molar-refractivity contribution in [1.82, 2.24) is 4.90 Å². The van der Waals surface area contributed by atoms with Crippen molar-refractivity contribution in [1.29, 1.82) is 0 Å². The van der Waals surface area contributed by atoms with E-state index in [0.29, 0.717) is 12.5 Å². The van der Waals surface area contributed by atoms with Gasteiger partial charge in [-0.25, -0.2) is 4.79 Å². The number of hydrogen-bond donors (Lipinski definition) is 0. The Morgan fingerprint density at radius 1 is 1.18 bits per heavy atom. The minimum Gasteiger partial charge on any atom is -0.493 e. The molecule has 5 nitrogen and oxygen atoms in total. The van der Waals surface area contributed by atoms with Crippen molar-refractivity contribution in [2.75, 3.05) is 33.9 Å². The Balaban J connectivity index is 1.89. The monoisotopic (exact) mass is 307 g/mol. The minimum atomic E-state index is -0.188. The van der Waals surface area contributed by atoms with Gasteiger partial charge in [-0.15, -0.1) is 0 Å². The number of carbonyl (C=O) groups excluding carboxylic acids is 1. The van der Waals surface area contributed by atoms with Crippen molar-refractivity contribution in [2.24, 2.45) is 5.92 Å². The maximum Gasteiger partial charge on any atom is 0.409 e. The highest BCUT2D eigenvalue weighted by Crippen LogP contribution is 2.30. The molecule has 1 aromatic carbocycles. The van der Waals surface area contributed by atoms with Crippen LogP contribution in [0, 0.1) is 5.92 Å². The van der Waals surface area contributed by atoms with Crippen LogP contribution in [0.25, 0.3) is 0 Å². The van der Waals surface area contributed by atoms with Crippen LogP contribution in [0.3, 0.4) is 0 Å². The maximum absolute atomic E-state index is 11.7. The summed E-state index contributed by atoms with van der Waals surface area (Å²) in [7, 11) is 3.29. The van der Waals surface area contributed by atoms with Gasteiger partial charge in [0.15, 0.2) is 11.5 Å². The molecule has 0 aromatic heterocycles. The molecule has 1 heterocycles. The first-order chi connectivity index (χ1) is 10.7. The summed E-state index contributed by atoms with van der Waals surface area (Å²) in [5.41, 5.74) is 1.24. The zero-order chi connectivity index (χ0) is 15.9. The van der Waals surface area contributed by atoms with E-state index < -0.39 is 0 Å². The van der Waals surface area contributed by atoms with Crippen LogP contribution in [0.1, 0.15) is 25.3 Å². The average molecular weight is 307 g/mol. The topological polar surface area (TPSA) is 48.0 Å². The maximum atomic E-state index is 11.7. The summed E-state index contributed by atoms with van der Waals surface area (Å²) in [6, 6.07) is 6.07. The number of rotatable bonds is 5. The van der Waals surface area contributed by atoms with E-state index in [0.717, 1.165) is 43.9 Å². The molecule has 2 rings (SSSR count). The second kappa shape index (κ2) is 7.92. The number of piperidine rings is 1. The summed E-state index contributed by atoms with van der Waals surface area (Å²) < 4.78 is 15.7. The lowest BCUT2D eigenvalue weighted by Crippen LogP contribution is -2.39. The van der Waals surface area contributed by atoms with Crippen LogP contribution in [-0.4, -0.2) is 44.9 Å². The Labute approximate surface area is 132 Å². The van der Waals surface area contributed by atoms with Crippen LogP contribution < -0.4 is 9.47 Å². The number of ether oxygens (including phenoxy) is 3. The first-order valence-electron chi connectivity index (χ1n) is 7.80. The molecule has 1 aliphatic heterocycles. The van der Waals surface area contributed by atoms with Gasteiger partial charge in [-0.1, -0.05) is 6.07 Å². The van der Waals surface area contributed by atoms with E-state index >= 15 is 0 Å². The van der Waals surface area contributed by atoms with E-state index in [1.165, 1.54) is 5.56 Å². The predicted octanol–water partition coefficient (Wildman–Crippen LogP) is 3.11. The van der Waals surface area contributed by atoms with Gasteiger partial charge in [0.2, 0.25) is 0 Å². The van der Waals surface area contributed by atoms with Gasteiger partial charge in [0.25, 0.3) is 0 Å². The third-order valence-electron chi connectivity index (χ3n) is 4.11. The van der Waals surface area contributed by atoms with E-state index in [2.05, 4.69) is 6.07 Å². The summed E-state index contributed by atoms with van der Waals surface area (Å²) in [5.74, 6) is 2.11. The number of amides is 1. The number of hydrogen-bond acceptors (Lipinski definition) is 4. The van der Waals surface area contributed by atoms with Crippen molar-refractivity contribution in [3.63, 3.8) is 0 Å². The Bertz CT molecular complexity index is 495. The molecular weight excluding hydrogens is 282 g/mol. The summed E-state index contributed by atoms with van der Waals surface area (Å²) in [4.78, 5) is 13.5. The number of nitrogens with zero attached hydrogens (tertiary/aromatic N) is 1.